The van der Waals surface area contributed by atoms with Gasteiger partial charge in [-0.2, -0.15) is 0 Å². The predicted molar refractivity (Wildman–Crippen MR) is 93.2 cm³/mol. The van der Waals surface area contributed by atoms with Crippen LogP contribution in [0.3, 0.4) is 0 Å². The van der Waals surface area contributed by atoms with Crippen molar-refractivity contribution in [3.05, 3.63) is 42.4 Å². The van der Waals surface area contributed by atoms with E-state index in [2.05, 4.69) is 10.6 Å². The summed E-state index contributed by atoms with van der Waals surface area (Å²) in [4.78, 5) is 24.3. The Kier molecular flexibility index (Phi) is 4.06. The molecule has 1 fully saturated rings. The van der Waals surface area contributed by atoms with Crippen LogP contribution in [0.25, 0.3) is 0 Å². The molecule has 2 aromatic rings. The summed E-state index contributed by atoms with van der Waals surface area (Å²) in [7, 11) is 0. The van der Waals surface area contributed by atoms with Crippen molar-refractivity contribution in [3.63, 3.8) is 0 Å². The number of hydrogen-bond acceptors (Lipinski definition) is 5. The highest BCUT2D eigenvalue weighted by Gasteiger charge is 2.44. The van der Waals surface area contributed by atoms with Gasteiger partial charge >= 0.3 is 0 Å². The van der Waals surface area contributed by atoms with Gasteiger partial charge in [-0.05, 0) is 44.0 Å². The summed E-state index contributed by atoms with van der Waals surface area (Å²) in [6, 6.07) is 7.74. The lowest BCUT2D eigenvalue weighted by atomic mass is 10.2. The molecule has 2 aliphatic rings. The van der Waals surface area contributed by atoms with E-state index in [1.54, 1.807) is 31.2 Å². The van der Waals surface area contributed by atoms with Crippen LogP contribution in [0.2, 0.25) is 0 Å². The van der Waals surface area contributed by atoms with E-state index in [9.17, 15) is 9.59 Å². The van der Waals surface area contributed by atoms with Gasteiger partial charge < -0.3 is 24.5 Å². The van der Waals surface area contributed by atoms with Crippen molar-refractivity contribution in [2.24, 2.45) is 0 Å². The number of carbonyl (C=O) groups is 2. The van der Waals surface area contributed by atoms with Gasteiger partial charge in [0.25, 0.3) is 11.7 Å². The molecule has 1 atom stereocenters. The zero-order valence-corrected chi connectivity index (χ0v) is 14.4. The van der Waals surface area contributed by atoms with E-state index < -0.39 is 17.7 Å². The number of rotatable bonds is 4. The Morgan fingerprint density at radius 1 is 1.12 bits per heavy atom. The Labute approximate surface area is 150 Å². The van der Waals surface area contributed by atoms with Gasteiger partial charge in [0.1, 0.15) is 6.04 Å². The number of carbonyl (C=O) groups excluding carboxylic acids is 2. The molecule has 0 radical (unpaired) electrons. The van der Waals surface area contributed by atoms with Crippen LogP contribution in [-0.2, 0) is 4.79 Å². The normalized spacial score (nSPS) is 17.9. The van der Waals surface area contributed by atoms with Gasteiger partial charge in [0.15, 0.2) is 17.3 Å². The highest BCUT2D eigenvalue weighted by atomic mass is 16.7. The number of nitrogens with one attached hydrogen (secondary N) is 2. The lowest BCUT2D eigenvalue weighted by Crippen LogP contribution is -2.41. The zero-order valence-electron chi connectivity index (χ0n) is 14.4. The molecule has 1 aliphatic heterocycles. The number of fused-ring (bicyclic) bond motifs is 1. The fourth-order valence-electron chi connectivity index (χ4n) is 3.28. The van der Waals surface area contributed by atoms with E-state index in [-0.39, 0.29) is 11.7 Å². The van der Waals surface area contributed by atoms with Crippen molar-refractivity contribution >= 4 is 17.5 Å². The summed E-state index contributed by atoms with van der Waals surface area (Å²) >= 11 is 0. The molecule has 7 nitrogen and oxygen atoms in total. The first-order chi connectivity index (χ1) is 12.5. The average Bonchev–Trinajstić information content (AvgIpc) is 3.35. The van der Waals surface area contributed by atoms with E-state index in [4.69, 9.17) is 13.9 Å². The van der Waals surface area contributed by atoms with Crippen molar-refractivity contribution in [3.8, 4) is 11.5 Å². The van der Waals surface area contributed by atoms with Gasteiger partial charge in [0.2, 0.25) is 5.91 Å². The lowest BCUT2D eigenvalue weighted by Gasteiger charge is -2.21. The molecule has 0 unspecified atom stereocenters. The highest BCUT2D eigenvalue weighted by Crippen LogP contribution is 2.47. The second-order valence-corrected chi connectivity index (χ2v) is 6.65. The number of hydrogen-bond donors (Lipinski definition) is 2. The fraction of sp³-hybridized carbons (Fsp3) is 0.368. The van der Waals surface area contributed by atoms with Crippen molar-refractivity contribution in [1.82, 2.24) is 5.32 Å². The molecule has 136 valence electrons. The third-order valence-electron chi connectivity index (χ3n) is 4.65. The van der Waals surface area contributed by atoms with Crippen LogP contribution >= 0.6 is 0 Å². The molecule has 0 saturated heterocycles. The molecule has 1 aromatic heterocycles. The maximum Gasteiger partial charge on any atom is 0.287 e. The Morgan fingerprint density at radius 3 is 2.62 bits per heavy atom. The van der Waals surface area contributed by atoms with Crippen molar-refractivity contribution in [2.45, 2.75) is 44.4 Å². The van der Waals surface area contributed by atoms with E-state index >= 15 is 0 Å². The molecular weight excluding hydrogens is 336 g/mol. The van der Waals surface area contributed by atoms with Crippen LogP contribution in [0.15, 0.2) is 41.0 Å². The lowest BCUT2D eigenvalue weighted by molar-refractivity contribution is -0.117. The molecule has 1 spiro atoms. The SMILES string of the molecule is C[C@H](NC(=O)c1ccco1)C(=O)Nc1ccc2c(c1)OC1(CCCC1)O2. The number of ether oxygens (including phenoxy) is 2. The topological polar surface area (TPSA) is 89.8 Å². The highest BCUT2D eigenvalue weighted by molar-refractivity contribution is 6.00. The van der Waals surface area contributed by atoms with Crippen LogP contribution in [0, 0.1) is 0 Å². The third kappa shape index (κ3) is 3.12. The van der Waals surface area contributed by atoms with E-state index in [0.717, 1.165) is 25.7 Å². The maximum atomic E-state index is 12.3. The van der Waals surface area contributed by atoms with Gasteiger partial charge in [-0.1, -0.05) is 0 Å². The van der Waals surface area contributed by atoms with Crippen molar-refractivity contribution in [2.75, 3.05) is 5.32 Å². The van der Waals surface area contributed by atoms with Crippen LogP contribution in [0.4, 0.5) is 5.69 Å². The molecule has 1 saturated carbocycles. The molecule has 2 N–H and O–H groups in total. The van der Waals surface area contributed by atoms with Gasteiger partial charge in [0, 0.05) is 24.6 Å². The molecule has 2 heterocycles. The summed E-state index contributed by atoms with van der Waals surface area (Å²) in [5, 5.41) is 5.37. The first kappa shape index (κ1) is 16.5. The summed E-state index contributed by atoms with van der Waals surface area (Å²) in [6.45, 7) is 1.61. The standard InChI is InChI=1S/C19H20N2O5/c1-12(20-18(23)15-5-4-10-24-15)17(22)21-13-6-7-14-16(11-13)26-19(25-14)8-2-3-9-19/h4-7,10-12H,2-3,8-9H2,1H3,(H,20,23)(H,21,22)/t12-/m0/s1. The third-order valence-corrected chi connectivity index (χ3v) is 4.65. The van der Waals surface area contributed by atoms with Crippen LogP contribution in [0.1, 0.15) is 43.2 Å². The molecular formula is C19H20N2O5. The first-order valence-electron chi connectivity index (χ1n) is 8.72. The minimum atomic E-state index is -0.723. The van der Waals surface area contributed by atoms with Crippen LogP contribution in [0.5, 0.6) is 11.5 Å². The number of benzene rings is 1. The second kappa shape index (κ2) is 6.40. The molecule has 4 rings (SSSR count). The zero-order chi connectivity index (χ0) is 18.1. The maximum absolute atomic E-state index is 12.3. The Hall–Kier alpha value is -2.96. The number of amides is 2. The molecule has 7 heteroatoms. The van der Waals surface area contributed by atoms with Gasteiger partial charge in [0.05, 0.1) is 6.26 Å². The van der Waals surface area contributed by atoms with Crippen LogP contribution < -0.4 is 20.1 Å². The first-order valence-corrected chi connectivity index (χ1v) is 8.72. The molecule has 0 bridgehead atoms. The van der Waals surface area contributed by atoms with E-state index in [1.165, 1.54) is 12.3 Å². The van der Waals surface area contributed by atoms with Crippen molar-refractivity contribution in [1.29, 1.82) is 0 Å². The summed E-state index contributed by atoms with van der Waals surface area (Å²) in [6.07, 6.45) is 5.33. The van der Waals surface area contributed by atoms with Crippen LogP contribution in [-0.4, -0.2) is 23.6 Å². The molecule has 26 heavy (non-hydrogen) atoms. The Bertz CT molecular complexity index is 824. The Morgan fingerprint density at radius 2 is 1.88 bits per heavy atom. The number of anilines is 1. The van der Waals surface area contributed by atoms with E-state index in [0.29, 0.717) is 17.2 Å². The van der Waals surface area contributed by atoms with Gasteiger partial charge in [-0.25, -0.2) is 0 Å². The summed E-state index contributed by atoms with van der Waals surface area (Å²) in [5.74, 6) is 0.191. The largest absolute Gasteiger partial charge is 0.459 e. The summed E-state index contributed by atoms with van der Waals surface area (Å²) < 4.78 is 17.0. The minimum Gasteiger partial charge on any atom is -0.459 e. The molecule has 2 amide bonds. The summed E-state index contributed by atoms with van der Waals surface area (Å²) in [5.41, 5.74) is 0.589. The Balaban J connectivity index is 1.39. The quantitative estimate of drug-likeness (QED) is 0.879. The molecule has 1 aliphatic carbocycles. The predicted octanol–water partition coefficient (Wildman–Crippen LogP) is 3.08. The van der Waals surface area contributed by atoms with Gasteiger partial charge in [-0.3, -0.25) is 9.59 Å². The monoisotopic (exact) mass is 356 g/mol. The van der Waals surface area contributed by atoms with E-state index in [1.807, 2.05) is 0 Å². The molecule has 1 aromatic carbocycles. The number of furan rings is 1. The fourth-order valence-corrected chi connectivity index (χ4v) is 3.28. The smallest absolute Gasteiger partial charge is 0.287 e. The minimum absolute atomic E-state index is 0.162. The second-order valence-electron chi connectivity index (χ2n) is 6.65. The van der Waals surface area contributed by atoms with Gasteiger partial charge in [-0.15, -0.1) is 0 Å². The average molecular weight is 356 g/mol. The van der Waals surface area contributed by atoms with Crippen molar-refractivity contribution < 1.29 is 23.5 Å².